The Kier molecular flexibility index (Phi) is 5.06. The van der Waals surface area contributed by atoms with Gasteiger partial charge < -0.3 is 25.9 Å². The molecule has 5 nitrogen and oxygen atoms in total. The SMILES string of the molecule is CNC1=C/C(=C/NC2CCC(O)CC2)C(=N)C=C1OCC1CC1. The van der Waals surface area contributed by atoms with E-state index >= 15 is 0 Å². The van der Waals surface area contributed by atoms with Gasteiger partial charge in [-0.05, 0) is 50.5 Å². The molecular formula is C18H27N3O2. The van der Waals surface area contributed by atoms with Gasteiger partial charge in [0.05, 0.1) is 24.1 Å². The van der Waals surface area contributed by atoms with Gasteiger partial charge in [0, 0.05) is 30.9 Å². The fourth-order valence-electron chi connectivity index (χ4n) is 2.97. The molecule has 0 aromatic heterocycles. The molecule has 2 fully saturated rings. The van der Waals surface area contributed by atoms with E-state index in [-0.39, 0.29) is 6.10 Å². The van der Waals surface area contributed by atoms with Gasteiger partial charge in [0.15, 0.2) is 0 Å². The van der Waals surface area contributed by atoms with Crippen LogP contribution in [0.4, 0.5) is 0 Å². The quantitative estimate of drug-likeness (QED) is 0.606. The number of hydrogen-bond acceptors (Lipinski definition) is 5. The lowest BCUT2D eigenvalue weighted by Crippen LogP contribution is -2.32. The highest BCUT2D eigenvalue weighted by Gasteiger charge is 2.24. The average Bonchev–Trinajstić information content (AvgIpc) is 3.37. The number of allylic oxidation sites excluding steroid dienone is 3. The molecule has 5 heteroatoms. The zero-order valence-corrected chi connectivity index (χ0v) is 13.8. The Labute approximate surface area is 138 Å². The minimum absolute atomic E-state index is 0.140. The summed E-state index contributed by atoms with van der Waals surface area (Å²) in [6, 6.07) is 0.390. The van der Waals surface area contributed by atoms with Gasteiger partial charge in [0.1, 0.15) is 5.76 Å². The molecule has 0 bridgehead atoms. The zero-order chi connectivity index (χ0) is 16.2. The normalized spacial score (nSPS) is 29.8. The summed E-state index contributed by atoms with van der Waals surface area (Å²) in [7, 11) is 1.88. The highest BCUT2D eigenvalue weighted by molar-refractivity contribution is 6.10. The average molecular weight is 317 g/mol. The van der Waals surface area contributed by atoms with Gasteiger partial charge in [0.2, 0.25) is 0 Å². The van der Waals surface area contributed by atoms with Gasteiger partial charge in [-0.25, -0.2) is 0 Å². The summed E-state index contributed by atoms with van der Waals surface area (Å²) >= 11 is 0. The fourth-order valence-corrected chi connectivity index (χ4v) is 2.97. The van der Waals surface area contributed by atoms with Crippen LogP contribution in [0.1, 0.15) is 38.5 Å². The maximum absolute atomic E-state index is 9.56. The molecule has 3 rings (SSSR count). The van der Waals surface area contributed by atoms with Crippen LogP contribution in [0.2, 0.25) is 0 Å². The molecule has 3 aliphatic carbocycles. The first-order valence-electron chi connectivity index (χ1n) is 8.63. The predicted octanol–water partition coefficient (Wildman–Crippen LogP) is 2.21. The number of rotatable bonds is 6. The van der Waals surface area contributed by atoms with Crippen LogP contribution in [0, 0.1) is 11.3 Å². The lowest BCUT2D eigenvalue weighted by Gasteiger charge is -2.26. The third kappa shape index (κ3) is 4.38. The van der Waals surface area contributed by atoms with Crippen LogP contribution < -0.4 is 10.6 Å². The van der Waals surface area contributed by atoms with Crippen molar-refractivity contribution in [1.29, 1.82) is 5.41 Å². The summed E-state index contributed by atoms with van der Waals surface area (Å²) in [6.07, 6.45) is 11.7. The van der Waals surface area contributed by atoms with Gasteiger partial charge in [-0.1, -0.05) is 0 Å². The first-order valence-corrected chi connectivity index (χ1v) is 8.63. The highest BCUT2D eigenvalue weighted by atomic mass is 16.5. The van der Waals surface area contributed by atoms with Gasteiger partial charge in [-0.3, -0.25) is 0 Å². The van der Waals surface area contributed by atoms with Crippen LogP contribution in [0.5, 0.6) is 0 Å². The van der Waals surface area contributed by atoms with Crippen molar-refractivity contribution in [3.8, 4) is 0 Å². The van der Waals surface area contributed by atoms with E-state index in [0.717, 1.165) is 49.3 Å². The molecular weight excluding hydrogens is 290 g/mol. The van der Waals surface area contributed by atoms with E-state index in [9.17, 15) is 5.11 Å². The Morgan fingerprint density at radius 3 is 2.61 bits per heavy atom. The molecule has 4 N–H and O–H groups in total. The minimum atomic E-state index is -0.140. The molecule has 0 radical (unpaired) electrons. The second-order valence-corrected chi connectivity index (χ2v) is 6.76. The monoisotopic (exact) mass is 317 g/mol. The van der Waals surface area contributed by atoms with Gasteiger partial charge in [-0.2, -0.15) is 0 Å². The van der Waals surface area contributed by atoms with Crippen LogP contribution in [0.25, 0.3) is 0 Å². The molecule has 0 spiro atoms. The van der Waals surface area contributed by atoms with Crippen molar-refractivity contribution in [2.45, 2.75) is 50.7 Å². The molecule has 0 aliphatic heterocycles. The summed E-state index contributed by atoms with van der Waals surface area (Å²) in [5, 5.41) is 24.3. The third-order valence-corrected chi connectivity index (χ3v) is 4.76. The molecule has 0 saturated heterocycles. The molecule has 0 amide bonds. The molecule has 23 heavy (non-hydrogen) atoms. The smallest absolute Gasteiger partial charge is 0.144 e. The van der Waals surface area contributed by atoms with Gasteiger partial charge in [-0.15, -0.1) is 0 Å². The number of likely N-dealkylation sites (N-methyl/N-ethyl adjacent to an activating group) is 1. The van der Waals surface area contributed by atoms with Crippen LogP contribution >= 0.6 is 0 Å². The molecule has 0 unspecified atom stereocenters. The summed E-state index contributed by atoms with van der Waals surface area (Å²) < 4.78 is 5.85. The van der Waals surface area contributed by atoms with Crippen molar-refractivity contribution >= 4 is 5.71 Å². The second kappa shape index (κ2) is 7.21. The zero-order valence-electron chi connectivity index (χ0n) is 13.8. The Balaban J connectivity index is 1.60. The Morgan fingerprint density at radius 2 is 1.96 bits per heavy atom. The highest BCUT2D eigenvalue weighted by Crippen LogP contribution is 2.31. The number of hydrogen-bond donors (Lipinski definition) is 4. The van der Waals surface area contributed by atoms with Crippen LogP contribution in [0.3, 0.4) is 0 Å². The summed E-state index contributed by atoms with van der Waals surface area (Å²) in [6.45, 7) is 0.750. The molecule has 0 heterocycles. The van der Waals surface area contributed by atoms with E-state index < -0.39 is 0 Å². The number of aliphatic hydroxyl groups excluding tert-OH is 1. The molecule has 2 saturated carbocycles. The van der Waals surface area contributed by atoms with Crippen molar-refractivity contribution in [3.63, 3.8) is 0 Å². The maximum atomic E-state index is 9.56. The van der Waals surface area contributed by atoms with Gasteiger partial charge >= 0.3 is 0 Å². The third-order valence-electron chi connectivity index (χ3n) is 4.76. The van der Waals surface area contributed by atoms with E-state index in [1.807, 2.05) is 19.3 Å². The first kappa shape index (κ1) is 16.1. The predicted molar refractivity (Wildman–Crippen MR) is 91.1 cm³/mol. The first-order chi connectivity index (χ1) is 11.2. The van der Waals surface area contributed by atoms with Gasteiger partial charge in [0.25, 0.3) is 0 Å². The number of ether oxygens (including phenoxy) is 1. The number of aliphatic hydroxyl groups is 1. The Morgan fingerprint density at radius 1 is 1.22 bits per heavy atom. The Bertz CT molecular complexity index is 538. The molecule has 3 aliphatic rings. The van der Waals surface area contributed by atoms with Crippen LogP contribution in [-0.2, 0) is 4.74 Å². The van der Waals surface area contributed by atoms with Crippen LogP contribution in [-0.4, -0.2) is 36.6 Å². The van der Waals surface area contributed by atoms with E-state index in [0.29, 0.717) is 17.7 Å². The maximum Gasteiger partial charge on any atom is 0.144 e. The standard InChI is InChI=1S/C18H27N3O2/c1-20-17-8-13(10-21-14-4-6-15(22)7-5-14)16(19)9-18(17)23-11-12-2-3-12/h8-10,12,14-15,19-22H,2-7,11H2,1H3/b13-10-,19-16?. The van der Waals surface area contributed by atoms with E-state index in [1.165, 1.54) is 12.8 Å². The van der Waals surface area contributed by atoms with E-state index in [1.54, 1.807) is 6.08 Å². The molecule has 126 valence electrons. The largest absolute Gasteiger partial charge is 0.491 e. The second-order valence-electron chi connectivity index (χ2n) is 6.76. The fraction of sp³-hybridized carbons (Fsp3) is 0.611. The van der Waals surface area contributed by atoms with Crippen molar-refractivity contribution < 1.29 is 9.84 Å². The van der Waals surface area contributed by atoms with Crippen molar-refractivity contribution in [2.75, 3.05) is 13.7 Å². The summed E-state index contributed by atoms with van der Waals surface area (Å²) in [5.41, 5.74) is 2.26. The topological polar surface area (TPSA) is 77.4 Å². The molecule has 0 aromatic carbocycles. The lowest BCUT2D eigenvalue weighted by molar-refractivity contribution is 0.119. The van der Waals surface area contributed by atoms with E-state index in [2.05, 4.69) is 10.6 Å². The molecule has 0 aromatic rings. The Hall–Kier alpha value is -1.75. The summed E-state index contributed by atoms with van der Waals surface area (Å²) in [5.74, 6) is 1.46. The van der Waals surface area contributed by atoms with Crippen molar-refractivity contribution in [3.05, 3.63) is 35.4 Å². The molecule has 0 atom stereocenters. The van der Waals surface area contributed by atoms with E-state index in [4.69, 9.17) is 10.1 Å². The lowest BCUT2D eigenvalue weighted by atomic mass is 9.93. The van der Waals surface area contributed by atoms with Crippen LogP contribution in [0.15, 0.2) is 35.4 Å². The van der Waals surface area contributed by atoms with Crippen molar-refractivity contribution in [2.24, 2.45) is 5.92 Å². The summed E-state index contributed by atoms with van der Waals surface area (Å²) in [4.78, 5) is 0. The minimum Gasteiger partial charge on any atom is -0.491 e. The van der Waals surface area contributed by atoms with Crippen molar-refractivity contribution in [1.82, 2.24) is 10.6 Å². The number of nitrogens with one attached hydrogen (secondary N) is 3.